The zero-order chi connectivity index (χ0) is 16.9. The molecule has 1 saturated heterocycles. The third-order valence-corrected chi connectivity index (χ3v) is 4.68. The van der Waals surface area contributed by atoms with Crippen LogP contribution in [0.3, 0.4) is 0 Å². The number of anilines is 1. The van der Waals surface area contributed by atoms with Gasteiger partial charge in [-0.25, -0.2) is 0 Å². The van der Waals surface area contributed by atoms with Crippen molar-refractivity contribution in [1.82, 2.24) is 4.90 Å². The molecule has 4 nitrogen and oxygen atoms in total. The van der Waals surface area contributed by atoms with E-state index in [9.17, 15) is 9.90 Å². The van der Waals surface area contributed by atoms with Gasteiger partial charge in [-0.2, -0.15) is 0 Å². The minimum Gasteiger partial charge on any atom is -0.481 e. The molecule has 24 heavy (non-hydrogen) atoms. The van der Waals surface area contributed by atoms with Gasteiger partial charge in [-0.3, -0.25) is 9.69 Å². The number of carbonyl (C=O) groups is 1. The van der Waals surface area contributed by atoms with E-state index in [4.69, 9.17) is 0 Å². The van der Waals surface area contributed by atoms with Gasteiger partial charge in [0.25, 0.3) is 0 Å². The molecule has 1 aliphatic rings. The van der Waals surface area contributed by atoms with Crippen molar-refractivity contribution >= 4 is 11.7 Å². The fourth-order valence-corrected chi connectivity index (χ4v) is 3.50. The van der Waals surface area contributed by atoms with Crippen molar-refractivity contribution in [3.63, 3.8) is 0 Å². The van der Waals surface area contributed by atoms with Crippen molar-refractivity contribution < 1.29 is 9.90 Å². The van der Waals surface area contributed by atoms with E-state index >= 15 is 0 Å². The molecule has 2 aromatic rings. The van der Waals surface area contributed by atoms with E-state index in [-0.39, 0.29) is 12.5 Å². The largest absolute Gasteiger partial charge is 0.481 e. The topological polar surface area (TPSA) is 43.8 Å². The van der Waals surface area contributed by atoms with Gasteiger partial charge in [-0.15, -0.1) is 0 Å². The third-order valence-electron chi connectivity index (χ3n) is 4.68. The highest BCUT2D eigenvalue weighted by molar-refractivity contribution is 5.67. The van der Waals surface area contributed by atoms with Crippen molar-refractivity contribution in [1.29, 1.82) is 0 Å². The molecular weight excluding hydrogens is 300 g/mol. The Morgan fingerprint density at radius 1 is 1.04 bits per heavy atom. The number of benzene rings is 2. The monoisotopic (exact) mass is 324 g/mol. The van der Waals surface area contributed by atoms with Gasteiger partial charge in [0, 0.05) is 37.4 Å². The molecule has 0 aliphatic carbocycles. The average Bonchev–Trinajstić information content (AvgIpc) is 2.58. The van der Waals surface area contributed by atoms with Gasteiger partial charge in [-0.05, 0) is 24.6 Å². The summed E-state index contributed by atoms with van der Waals surface area (Å²) < 4.78 is 0. The highest BCUT2D eigenvalue weighted by Gasteiger charge is 2.32. The van der Waals surface area contributed by atoms with Crippen molar-refractivity contribution in [3.05, 3.63) is 66.2 Å². The zero-order valence-corrected chi connectivity index (χ0v) is 14.0. The summed E-state index contributed by atoms with van der Waals surface area (Å²) in [6.07, 6.45) is 0.170. The van der Waals surface area contributed by atoms with E-state index in [1.165, 1.54) is 11.3 Å². The van der Waals surface area contributed by atoms with Crippen LogP contribution in [0.1, 0.15) is 18.9 Å². The van der Waals surface area contributed by atoms with E-state index in [1.54, 1.807) is 0 Å². The summed E-state index contributed by atoms with van der Waals surface area (Å²) in [6.45, 7) is 4.61. The van der Waals surface area contributed by atoms with E-state index in [0.717, 1.165) is 19.6 Å². The predicted molar refractivity (Wildman–Crippen MR) is 96.1 cm³/mol. The lowest BCUT2D eigenvalue weighted by atomic mass is 10.0. The molecule has 1 fully saturated rings. The standard InChI is InChI=1S/C20H24N2O2/c1-16-13-21(14-17-8-4-2-5-9-17)19(12-20(23)24)15-22(16)18-10-6-3-7-11-18/h2-11,16,19H,12-15H2,1H3,(H,23,24)/t16-,19+/m0/s1. The molecule has 0 spiro atoms. The van der Waals surface area contributed by atoms with Crippen molar-refractivity contribution in [2.45, 2.75) is 32.0 Å². The van der Waals surface area contributed by atoms with Crippen LogP contribution in [-0.4, -0.2) is 41.1 Å². The van der Waals surface area contributed by atoms with Gasteiger partial charge < -0.3 is 10.0 Å². The Kier molecular flexibility index (Phi) is 5.16. The molecule has 126 valence electrons. The Balaban J connectivity index is 1.78. The molecule has 0 aromatic heterocycles. The van der Waals surface area contributed by atoms with E-state index in [0.29, 0.717) is 6.04 Å². The molecule has 2 aromatic carbocycles. The van der Waals surface area contributed by atoms with Gasteiger partial charge in [-0.1, -0.05) is 48.5 Å². The first-order valence-electron chi connectivity index (χ1n) is 8.45. The first-order chi connectivity index (χ1) is 11.6. The molecule has 0 amide bonds. The third kappa shape index (κ3) is 3.95. The first kappa shape index (κ1) is 16.5. The molecule has 1 aliphatic heterocycles. The molecule has 1 N–H and O–H groups in total. The molecule has 0 radical (unpaired) electrons. The molecule has 4 heteroatoms. The second-order valence-electron chi connectivity index (χ2n) is 6.50. The van der Waals surface area contributed by atoms with Gasteiger partial charge in [0.2, 0.25) is 0 Å². The average molecular weight is 324 g/mol. The summed E-state index contributed by atoms with van der Waals surface area (Å²) in [5.74, 6) is -0.736. The number of aliphatic carboxylic acids is 1. The normalized spacial score (nSPS) is 21.6. The molecule has 0 saturated carbocycles. The quantitative estimate of drug-likeness (QED) is 0.917. The maximum absolute atomic E-state index is 11.3. The lowest BCUT2D eigenvalue weighted by Gasteiger charge is -2.46. The summed E-state index contributed by atoms with van der Waals surface area (Å²) in [5.41, 5.74) is 2.40. The number of hydrogen-bond donors (Lipinski definition) is 1. The highest BCUT2D eigenvalue weighted by atomic mass is 16.4. The second-order valence-corrected chi connectivity index (χ2v) is 6.50. The van der Waals surface area contributed by atoms with Crippen molar-refractivity contribution in [2.24, 2.45) is 0 Å². The Labute approximate surface area is 143 Å². The predicted octanol–water partition coefficient (Wildman–Crippen LogP) is 3.24. The van der Waals surface area contributed by atoms with Gasteiger partial charge in [0.15, 0.2) is 0 Å². The lowest BCUT2D eigenvalue weighted by molar-refractivity contribution is -0.138. The summed E-state index contributed by atoms with van der Waals surface area (Å²) in [5, 5.41) is 9.33. The van der Waals surface area contributed by atoms with Crippen LogP contribution in [0.15, 0.2) is 60.7 Å². The number of piperazine rings is 1. The van der Waals surface area contributed by atoms with Gasteiger partial charge in [0.1, 0.15) is 0 Å². The summed E-state index contributed by atoms with van der Waals surface area (Å²) >= 11 is 0. The van der Waals surface area contributed by atoms with Crippen LogP contribution in [0.2, 0.25) is 0 Å². The summed E-state index contributed by atoms with van der Waals surface area (Å²) in [7, 11) is 0. The fraction of sp³-hybridized carbons (Fsp3) is 0.350. The Morgan fingerprint density at radius 2 is 1.67 bits per heavy atom. The molecule has 3 rings (SSSR count). The van der Waals surface area contributed by atoms with Crippen molar-refractivity contribution in [3.8, 4) is 0 Å². The van der Waals surface area contributed by atoms with Crippen LogP contribution in [0.5, 0.6) is 0 Å². The van der Waals surface area contributed by atoms with Crippen molar-refractivity contribution in [2.75, 3.05) is 18.0 Å². The zero-order valence-electron chi connectivity index (χ0n) is 14.0. The Bertz CT molecular complexity index is 660. The fourth-order valence-electron chi connectivity index (χ4n) is 3.50. The molecule has 2 atom stereocenters. The maximum atomic E-state index is 11.3. The van der Waals surface area contributed by atoms with Crippen LogP contribution in [0.25, 0.3) is 0 Å². The second kappa shape index (κ2) is 7.49. The molecule has 0 bridgehead atoms. The molecular formula is C20H24N2O2. The number of carboxylic acids is 1. The number of nitrogens with zero attached hydrogens (tertiary/aromatic N) is 2. The maximum Gasteiger partial charge on any atom is 0.305 e. The number of para-hydroxylation sites is 1. The lowest BCUT2D eigenvalue weighted by Crippen LogP contribution is -2.57. The van der Waals surface area contributed by atoms with Crippen LogP contribution in [0.4, 0.5) is 5.69 Å². The smallest absolute Gasteiger partial charge is 0.305 e. The van der Waals surface area contributed by atoms with Crippen LogP contribution in [-0.2, 0) is 11.3 Å². The highest BCUT2D eigenvalue weighted by Crippen LogP contribution is 2.25. The Morgan fingerprint density at radius 3 is 2.29 bits per heavy atom. The van der Waals surface area contributed by atoms with Crippen LogP contribution < -0.4 is 4.90 Å². The van der Waals surface area contributed by atoms with E-state index < -0.39 is 5.97 Å². The number of carboxylic acid groups (broad SMARTS) is 1. The number of rotatable bonds is 5. The summed E-state index contributed by atoms with van der Waals surface area (Å²) in [6, 6.07) is 20.9. The van der Waals surface area contributed by atoms with Crippen LogP contribution >= 0.6 is 0 Å². The SMILES string of the molecule is C[C@H]1CN(Cc2ccccc2)[C@H](CC(=O)O)CN1c1ccccc1. The minimum absolute atomic E-state index is 0.0131. The van der Waals surface area contributed by atoms with Gasteiger partial charge >= 0.3 is 5.97 Å². The molecule has 0 unspecified atom stereocenters. The van der Waals surface area contributed by atoms with Crippen LogP contribution in [0, 0.1) is 0 Å². The summed E-state index contributed by atoms with van der Waals surface area (Å²) in [4.78, 5) is 16.0. The molecule has 1 heterocycles. The van der Waals surface area contributed by atoms with E-state index in [1.807, 2.05) is 36.4 Å². The van der Waals surface area contributed by atoms with Gasteiger partial charge in [0.05, 0.1) is 6.42 Å². The first-order valence-corrected chi connectivity index (χ1v) is 8.45. The van der Waals surface area contributed by atoms with E-state index in [2.05, 4.69) is 41.0 Å². The Hall–Kier alpha value is -2.33. The minimum atomic E-state index is -0.736. The number of hydrogen-bond acceptors (Lipinski definition) is 3.